The van der Waals surface area contributed by atoms with Crippen LogP contribution in [0, 0.1) is 5.82 Å². The smallest absolute Gasteiger partial charge is 0.349 e. The standard InChI is InChI=1S/C25H25FN6O4/c1-29(18-10-8-16(26)9-11-18)21(33)14-31-25(36)32-20-13-15(22(34)27-17-5-3-4-6-17)7-12-19(20)23(35)30(2)24(32)28-31/h7-13,17H,3-6,14H2,1-2H3,(H,27,34). The Morgan fingerprint density at radius 1 is 1.11 bits per heavy atom. The average Bonchev–Trinajstić information content (AvgIpc) is 3.50. The van der Waals surface area contributed by atoms with Gasteiger partial charge in [0.15, 0.2) is 0 Å². The topological polar surface area (TPSA) is 111 Å². The third-order valence-electron chi connectivity index (χ3n) is 6.72. The molecule has 0 bridgehead atoms. The van der Waals surface area contributed by atoms with E-state index in [9.17, 15) is 23.6 Å². The number of fused-ring (bicyclic) bond motifs is 3. The minimum Gasteiger partial charge on any atom is -0.349 e. The Balaban J connectivity index is 1.54. The minimum atomic E-state index is -0.625. The summed E-state index contributed by atoms with van der Waals surface area (Å²) in [4.78, 5) is 53.3. The summed E-state index contributed by atoms with van der Waals surface area (Å²) in [5, 5.41) is 7.49. The highest BCUT2D eigenvalue weighted by molar-refractivity contribution is 5.98. The summed E-state index contributed by atoms with van der Waals surface area (Å²) in [5.41, 5.74) is 0.0134. The highest BCUT2D eigenvalue weighted by atomic mass is 19.1. The molecule has 2 aromatic carbocycles. The number of hydrogen-bond donors (Lipinski definition) is 1. The average molecular weight is 493 g/mol. The predicted octanol–water partition coefficient (Wildman–Crippen LogP) is 1.82. The van der Waals surface area contributed by atoms with Gasteiger partial charge in [-0.05, 0) is 55.3 Å². The van der Waals surface area contributed by atoms with E-state index in [0.29, 0.717) is 11.3 Å². The number of aryl methyl sites for hydroxylation is 1. The van der Waals surface area contributed by atoms with Crippen LogP contribution < -0.4 is 21.5 Å². The number of carbonyl (C=O) groups excluding carboxylic acids is 2. The molecular weight excluding hydrogens is 467 g/mol. The number of carbonyl (C=O) groups is 2. The number of aromatic nitrogens is 4. The lowest BCUT2D eigenvalue weighted by Gasteiger charge is -2.16. The highest BCUT2D eigenvalue weighted by Gasteiger charge is 2.22. The Morgan fingerprint density at radius 2 is 1.81 bits per heavy atom. The zero-order valence-electron chi connectivity index (χ0n) is 19.9. The van der Waals surface area contributed by atoms with E-state index in [1.54, 1.807) is 6.07 Å². The van der Waals surface area contributed by atoms with Crippen LogP contribution in [0.5, 0.6) is 0 Å². The molecule has 36 heavy (non-hydrogen) atoms. The van der Waals surface area contributed by atoms with E-state index in [4.69, 9.17) is 0 Å². The largest absolute Gasteiger partial charge is 0.352 e. The molecular formula is C25H25FN6O4. The van der Waals surface area contributed by atoms with Crippen LogP contribution in [0.1, 0.15) is 36.0 Å². The Bertz CT molecular complexity index is 1610. The first kappa shape index (κ1) is 23.5. The first-order valence-corrected chi connectivity index (χ1v) is 11.7. The van der Waals surface area contributed by atoms with Crippen molar-refractivity contribution >= 4 is 34.2 Å². The van der Waals surface area contributed by atoms with Gasteiger partial charge in [-0.3, -0.25) is 19.0 Å². The van der Waals surface area contributed by atoms with Gasteiger partial charge in [-0.15, -0.1) is 5.10 Å². The Hall–Kier alpha value is -4.28. The van der Waals surface area contributed by atoms with Crippen molar-refractivity contribution < 1.29 is 14.0 Å². The van der Waals surface area contributed by atoms with Crippen molar-refractivity contribution in [1.82, 2.24) is 24.1 Å². The molecule has 0 aliphatic heterocycles. The lowest BCUT2D eigenvalue weighted by molar-refractivity contribution is -0.119. The quantitative estimate of drug-likeness (QED) is 0.457. The molecule has 0 atom stereocenters. The zero-order valence-corrected chi connectivity index (χ0v) is 19.9. The summed E-state index contributed by atoms with van der Waals surface area (Å²) in [6.45, 7) is -0.397. The van der Waals surface area contributed by atoms with Crippen LogP contribution in [0.3, 0.4) is 0 Å². The van der Waals surface area contributed by atoms with Crippen molar-refractivity contribution in [3.63, 3.8) is 0 Å². The van der Waals surface area contributed by atoms with Crippen LogP contribution in [-0.4, -0.2) is 43.7 Å². The van der Waals surface area contributed by atoms with E-state index in [1.807, 2.05) is 0 Å². The Morgan fingerprint density at radius 3 is 2.50 bits per heavy atom. The van der Waals surface area contributed by atoms with Gasteiger partial charge in [0.1, 0.15) is 12.4 Å². The molecule has 1 fully saturated rings. The van der Waals surface area contributed by atoms with Crippen molar-refractivity contribution in [3.8, 4) is 0 Å². The third kappa shape index (κ3) is 4.06. The third-order valence-corrected chi connectivity index (χ3v) is 6.72. The number of nitrogens with one attached hydrogen (secondary N) is 1. The van der Waals surface area contributed by atoms with Gasteiger partial charge in [0.25, 0.3) is 11.5 Å². The molecule has 0 radical (unpaired) electrons. The Kier molecular flexibility index (Phi) is 5.91. The molecule has 0 unspecified atom stereocenters. The number of rotatable bonds is 5. The fourth-order valence-corrected chi connectivity index (χ4v) is 4.62. The number of halogens is 1. The van der Waals surface area contributed by atoms with Crippen molar-refractivity contribution in [2.75, 3.05) is 11.9 Å². The fourth-order valence-electron chi connectivity index (χ4n) is 4.62. The molecule has 4 aromatic rings. The first-order valence-electron chi connectivity index (χ1n) is 11.7. The molecule has 186 valence electrons. The molecule has 0 saturated heterocycles. The van der Waals surface area contributed by atoms with Gasteiger partial charge < -0.3 is 10.2 Å². The maximum absolute atomic E-state index is 13.3. The highest BCUT2D eigenvalue weighted by Crippen LogP contribution is 2.19. The second-order valence-electron chi connectivity index (χ2n) is 9.06. The lowest BCUT2D eigenvalue weighted by atomic mass is 10.1. The summed E-state index contributed by atoms with van der Waals surface area (Å²) in [6.07, 6.45) is 4.00. The SMILES string of the molecule is CN(C(=O)Cn1nc2n(C)c(=O)c3ccc(C(=O)NC4CCCC4)cc3n2c1=O)c1ccc(F)cc1. The van der Waals surface area contributed by atoms with Crippen LogP contribution in [0.25, 0.3) is 16.7 Å². The molecule has 0 spiro atoms. The normalized spacial score (nSPS) is 14.0. The lowest BCUT2D eigenvalue weighted by Crippen LogP contribution is -2.34. The predicted molar refractivity (Wildman–Crippen MR) is 132 cm³/mol. The first-order chi connectivity index (χ1) is 17.2. The number of anilines is 1. The van der Waals surface area contributed by atoms with Gasteiger partial charge in [-0.25, -0.2) is 18.3 Å². The number of nitrogens with zero attached hydrogens (tertiary/aromatic N) is 5. The number of benzene rings is 2. The summed E-state index contributed by atoms with van der Waals surface area (Å²) in [6, 6.07) is 10.1. The van der Waals surface area contributed by atoms with Crippen LogP contribution >= 0.6 is 0 Å². The van der Waals surface area contributed by atoms with Gasteiger partial charge in [-0.2, -0.15) is 0 Å². The number of amides is 2. The number of likely N-dealkylation sites (N-methyl/N-ethyl adjacent to an activating group) is 1. The molecule has 5 rings (SSSR count). The maximum Gasteiger partial charge on any atom is 0.352 e. The van der Waals surface area contributed by atoms with E-state index >= 15 is 0 Å². The summed E-state index contributed by atoms with van der Waals surface area (Å²) < 4.78 is 16.7. The minimum absolute atomic E-state index is 0.0445. The Labute approximate surface area is 204 Å². The van der Waals surface area contributed by atoms with Crippen molar-refractivity contribution in [2.24, 2.45) is 7.05 Å². The maximum atomic E-state index is 13.3. The summed E-state index contributed by atoms with van der Waals surface area (Å²) in [7, 11) is 3.00. The van der Waals surface area contributed by atoms with E-state index in [-0.39, 0.29) is 34.2 Å². The molecule has 11 heteroatoms. The van der Waals surface area contributed by atoms with Gasteiger partial charge in [0.2, 0.25) is 11.7 Å². The van der Waals surface area contributed by atoms with E-state index < -0.39 is 24.0 Å². The van der Waals surface area contributed by atoms with Crippen molar-refractivity contribution in [2.45, 2.75) is 38.3 Å². The second-order valence-corrected chi connectivity index (χ2v) is 9.06. The van der Waals surface area contributed by atoms with Crippen molar-refractivity contribution in [1.29, 1.82) is 0 Å². The van der Waals surface area contributed by atoms with Crippen LogP contribution in [0.2, 0.25) is 0 Å². The number of hydrogen-bond acceptors (Lipinski definition) is 5. The van der Waals surface area contributed by atoms with E-state index in [1.165, 1.54) is 64.4 Å². The van der Waals surface area contributed by atoms with Gasteiger partial charge in [0, 0.05) is 31.4 Å². The molecule has 1 aliphatic carbocycles. The molecule has 1 N–H and O–H groups in total. The van der Waals surface area contributed by atoms with E-state index in [2.05, 4.69) is 10.4 Å². The van der Waals surface area contributed by atoms with E-state index in [0.717, 1.165) is 30.4 Å². The van der Waals surface area contributed by atoms with Gasteiger partial charge in [-0.1, -0.05) is 12.8 Å². The van der Waals surface area contributed by atoms with Gasteiger partial charge in [0.05, 0.1) is 10.9 Å². The summed E-state index contributed by atoms with van der Waals surface area (Å²) >= 11 is 0. The fraction of sp³-hybridized carbons (Fsp3) is 0.320. The monoisotopic (exact) mass is 492 g/mol. The molecule has 10 nitrogen and oxygen atoms in total. The van der Waals surface area contributed by atoms with Gasteiger partial charge >= 0.3 is 5.69 Å². The molecule has 2 heterocycles. The van der Waals surface area contributed by atoms with Crippen LogP contribution in [-0.2, 0) is 18.4 Å². The molecule has 2 aromatic heterocycles. The molecule has 2 amide bonds. The van der Waals surface area contributed by atoms with Crippen LogP contribution in [0.4, 0.5) is 10.1 Å². The summed E-state index contributed by atoms with van der Waals surface area (Å²) in [5.74, 6) is -1.12. The molecule has 1 aliphatic rings. The molecule has 1 saturated carbocycles. The van der Waals surface area contributed by atoms with Crippen LogP contribution in [0.15, 0.2) is 52.1 Å². The second kappa shape index (κ2) is 9.06. The van der Waals surface area contributed by atoms with Crippen molar-refractivity contribution in [3.05, 3.63) is 74.7 Å². The zero-order chi connectivity index (χ0) is 25.6.